The summed E-state index contributed by atoms with van der Waals surface area (Å²) in [7, 11) is 1.26. The molecule has 8 heteroatoms. The Balaban J connectivity index is 2.40. The summed E-state index contributed by atoms with van der Waals surface area (Å²) in [6, 6.07) is -1.04. The van der Waals surface area contributed by atoms with Crippen molar-refractivity contribution < 1.29 is 29.3 Å². The molecule has 0 spiro atoms. The standard InChI is InChI=1S/C11H18N2O6/c1-19-10(17)7-3-2-6-13(7)11(18)12-5-4-8(14)9(15)16/h7-8,14H,2-6H2,1H3,(H,12,18)(H,15,16)/t7?,8-/m0/s1. The SMILES string of the molecule is COC(=O)C1CCCN1C(=O)NCC[C@H](O)C(=O)O. The minimum Gasteiger partial charge on any atom is -0.479 e. The van der Waals surface area contributed by atoms with Gasteiger partial charge in [-0.2, -0.15) is 0 Å². The van der Waals surface area contributed by atoms with Gasteiger partial charge in [-0.25, -0.2) is 14.4 Å². The lowest BCUT2D eigenvalue weighted by molar-refractivity contribution is -0.146. The van der Waals surface area contributed by atoms with Crippen molar-refractivity contribution in [1.29, 1.82) is 0 Å². The van der Waals surface area contributed by atoms with Crippen LogP contribution in [0.5, 0.6) is 0 Å². The number of likely N-dealkylation sites (tertiary alicyclic amines) is 1. The van der Waals surface area contributed by atoms with Crippen LogP contribution in [0.25, 0.3) is 0 Å². The molecule has 1 heterocycles. The zero-order valence-electron chi connectivity index (χ0n) is 10.7. The largest absolute Gasteiger partial charge is 0.479 e. The Morgan fingerprint density at radius 1 is 1.47 bits per heavy atom. The van der Waals surface area contributed by atoms with E-state index in [1.807, 2.05) is 0 Å². The number of rotatable bonds is 5. The highest BCUT2D eigenvalue weighted by atomic mass is 16.5. The number of hydrogen-bond acceptors (Lipinski definition) is 5. The number of nitrogens with one attached hydrogen (secondary N) is 1. The number of carbonyl (C=O) groups is 3. The molecule has 0 radical (unpaired) electrons. The lowest BCUT2D eigenvalue weighted by Gasteiger charge is -2.23. The summed E-state index contributed by atoms with van der Waals surface area (Å²) in [4.78, 5) is 35.0. The first kappa shape index (κ1) is 15.2. The molecular weight excluding hydrogens is 256 g/mol. The number of aliphatic hydroxyl groups is 1. The van der Waals surface area contributed by atoms with E-state index in [9.17, 15) is 14.4 Å². The first-order valence-corrected chi connectivity index (χ1v) is 6.00. The lowest BCUT2D eigenvalue weighted by Crippen LogP contribution is -2.47. The Labute approximate surface area is 110 Å². The molecule has 1 rings (SSSR count). The van der Waals surface area contributed by atoms with Gasteiger partial charge in [-0.1, -0.05) is 0 Å². The number of carboxylic acids is 1. The molecule has 0 aromatic heterocycles. The van der Waals surface area contributed by atoms with Gasteiger partial charge in [-0.05, 0) is 12.8 Å². The van der Waals surface area contributed by atoms with Crippen LogP contribution in [0.15, 0.2) is 0 Å². The number of aliphatic carboxylic acids is 1. The van der Waals surface area contributed by atoms with Crippen LogP contribution in [-0.2, 0) is 14.3 Å². The number of urea groups is 1. The maximum atomic E-state index is 11.8. The van der Waals surface area contributed by atoms with Crippen molar-refractivity contribution in [3.63, 3.8) is 0 Å². The molecule has 108 valence electrons. The number of nitrogens with zero attached hydrogens (tertiary/aromatic N) is 1. The van der Waals surface area contributed by atoms with Gasteiger partial charge in [-0.3, -0.25) is 0 Å². The van der Waals surface area contributed by atoms with E-state index in [0.29, 0.717) is 19.4 Å². The van der Waals surface area contributed by atoms with Crippen molar-refractivity contribution in [3.8, 4) is 0 Å². The Bertz CT molecular complexity index is 359. The van der Waals surface area contributed by atoms with Crippen molar-refractivity contribution in [2.24, 2.45) is 0 Å². The van der Waals surface area contributed by atoms with E-state index in [1.165, 1.54) is 12.0 Å². The third kappa shape index (κ3) is 4.09. The van der Waals surface area contributed by atoms with E-state index >= 15 is 0 Å². The van der Waals surface area contributed by atoms with Gasteiger partial charge in [0.25, 0.3) is 0 Å². The first-order chi connectivity index (χ1) is 8.97. The van der Waals surface area contributed by atoms with Gasteiger partial charge in [-0.15, -0.1) is 0 Å². The molecule has 1 unspecified atom stereocenters. The molecular formula is C11H18N2O6. The maximum Gasteiger partial charge on any atom is 0.332 e. The van der Waals surface area contributed by atoms with E-state index in [1.54, 1.807) is 0 Å². The number of carboxylic acid groups (broad SMARTS) is 1. The van der Waals surface area contributed by atoms with Gasteiger partial charge >= 0.3 is 18.0 Å². The van der Waals surface area contributed by atoms with Crippen LogP contribution < -0.4 is 5.32 Å². The minimum atomic E-state index is -1.50. The monoisotopic (exact) mass is 274 g/mol. The predicted molar refractivity (Wildman–Crippen MR) is 63.4 cm³/mol. The molecule has 0 bridgehead atoms. The highest BCUT2D eigenvalue weighted by molar-refractivity contribution is 5.84. The molecule has 1 aliphatic heterocycles. The van der Waals surface area contributed by atoms with E-state index in [-0.39, 0.29) is 13.0 Å². The van der Waals surface area contributed by atoms with Gasteiger partial charge in [0, 0.05) is 19.5 Å². The zero-order chi connectivity index (χ0) is 14.4. The smallest absolute Gasteiger partial charge is 0.332 e. The fraction of sp³-hybridized carbons (Fsp3) is 0.727. The van der Waals surface area contributed by atoms with Crippen molar-refractivity contribution >= 4 is 18.0 Å². The average molecular weight is 274 g/mol. The molecule has 2 atom stereocenters. The first-order valence-electron chi connectivity index (χ1n) is 6.00. The topological polar surface area (TPSA) is 116 Å². The third-order valence-electron chi connectivity index (χ3n) is 2.97. The van der Waals surface area contributed by atoms with E-state index < -0.39 is 30.1 Å². The number of methoxy groups -OCH3 is 1. The zero-order valence-corrected chi connectivity index (χ0v) is 10.7. The van der Waals surface area contributed by atoms with Crippen LogP contribution in [0.3, 0.4) is 0 Å². The summed E-state index contributed by atoms with van der Waals surface area (Å²) in [6.45, 7) is 0.476. The molecule has 3 N–H and O–H groups in total. The van der Waals surface area contributed by atoms with Crippen molar-refractivity contribution in [3.05, 3.63) is 0 Å². The van der Waals surface area contributed by atoms with Crippen molar-refractivity contribution in [2.45, 2.75) is 31.4 Å². The molecule has 0 aromatic rings. The molecule has 0 aromatic carbocycles. The Morgan fingerprint density at radius 3 is 2.74 bits per heavy atom. The summed E-state index contributed by atoms with van der Waals surface area (Å²) in [5.74, 6) is -1.79. The second kappa shape index (κ2) is 6.93. The van der Waals surface area contributed by atoms with Gasteiger partial charge in [0.1, 0.15) is 6.04 Å². The van der Waals surface area contributed by atoms with Gasteiger partial charge < -0.3 is 25.2 Å². The highest BCUT2D eigenvalue weighted by Gasteiger charge is 2.34. The molecule has 0 saturated carbocycles. The summed E-state index contributed by atoms with van der Waals surface area (Å²) >= 11 is 0. The van der Waals surface area contributed by atoms with E-state index in [2.05, 4.69) is 10.1 Å². The van der Waals surface area contributed by atoms with Crippen LogP contribution in [0.2, 0.25) is 0 Å². The van der Waals surface area contributed by atoms with Crippen LogP contribution in [0, 0.1) is 0 Å². The molecule has 2 amide bonds. The second-order valence-electron chi connectivity index (χ2n) is 4.25. The summed E-state index contributed by atoms with van der Waals surface area (Å²) in [5.41, 5.74) is 0. The van der Waals surface area contributed by atoms with Crippen LogP contribution in [0.1, 0.15) is 19.3 Å². The van der Waals surface area contributed by atoms with Gasteiger partial charge in [0.2, 0.25) is 0 Å². The summed E-state index contributed by atoms with van der Waals surface area (Å²) in [6.07, 6.45) is -0.323. The third-order valence-corrected chi connectivity index (χ3v) is 2.97. The summed E-state index contributed by atoms with van der Waals surface area (Å²) in [5, 5.41) is 20.0. The lowest BCUT2D eigenvalue weighted by atomic mass is 10.2. The average Bonchev–Trinajstić information content (AvgIpc) is 2.86. The number of carbonyl (C=O) groups excluding carboxylic acids is 2. The summed E-state index contributed by atoms with van der Waals surface area (Å²) < 4.78 is 4.61. The second-order valence-corrected chi connectivity index (χ2v) is 4.25. The van der Waals surface area contributed by atoms with Gasteiger partial charge in [0.05, 0.1) is 7.11 Å². The highest BCUT2D eigenvalue weighted by Crippen LogP contribution is 2.18. The van der Waals surface area contributed by atoms with Gasteiger partial charge in [0.15, 0.2) is 6.10 Å². The number of esters is 1. The Kier molecular flexibility index (Phi) is 5.56. The fourth-order valence-corrected chi connectivity index (χ4v) is 1.93. The molecule has 1 aliphatic rings. The molecule has 1 fully saturated rings. The van der Waals surface area contributed by atoms with E-state index in [4.69, 9.17) is 10.2 Å². The fourth-order valence-electron chi connectivity index (χ4n) is 1.93. The van der Waals surface area contributed by atoms with Crippen molar-refractivity contribution in [1.82, 2.24) is 10.2 Å². The molecule has 19 heavy (non-hydrogen) atoms. The quantitative estimate of drug-likeness (QED) is 0.563. The molecule has 0 aliphatic carbocycles. The Hall–Kier alpha value is -1.83. The number of ether oxygens (including phenoxy) is 1. The maximum absolute atomic E-state index is 11.8. The molecule has 8 nitrogen and oxygen atoms in total. The van der Waals surface area contributed by atoms with Crippen LogP contribution in [0.4, 0.5) is 4.79 Å². The normalized spacial score (nSPS) is 19.9. The van der Waals surface area contributed by atoms with Crippen molar-refractivity contribution in [2.75, 3.05) is 20.2 Å². The minimum absolute atomic E-state index is 0.0245. The molecule has 1 saturated heterocycles. The Morgan fingerprint density at radius 2 is 2.16 bits per heavy atom. The van der Waals surface area contributed by atoms with Crippen LogP contribution in [-0.4, -0.2) is 65.4 Å². The number of hydrogen-bond donors (Lipinski definition) is 3. The predicted octanol–water partition coefficient (Wildman–Crippen LogP) is -0.831. The number of aliphatic hydroxyl groups excluding tert-OH is 1. The van der Waals surface area contributed by atoms with E-state index in [0.717, 1.165) is 0 Å². The number of amides is 2. The van der Waals surface area contributed by atoms with Crippen LogP contribution >= 0.6 is 0 Å².